The summed E-state index contributed by atoms with van der Waals surface area (Å²) in [4.78, 5) is 54.7. The lowest BCUT2D eigenvalue weighted by Gasteiger charge is -2.32. The summed E-state index contributed by atoms with van der Waals surface area (Å²) in [5.41, 5.74) is 0.541. The van der Waals surface area contributed by atoms with Gasteiger partial charge in [0.1, 0.15) is 6.04 Å². The van der Waals surface area contributed by atoms with Crippen LogP contribution in [0.2, 0.25) is 0 Å². The van der Waals surface area contributed by atoms with Gasteiger partial charge in [0.15, 0.2) is 0 Å². The minimum atomic E-state index is -0.390. The number of carbonyl (C=O) groups excluding carboxylic acids is 4. The predicted octanol–water partition coefficient (Wildman–Crippen LogP) is 1.95. The van der Waals surface area contributed by atoms with Crippen LogP contribution >= 0.6 is 0 Å². The van der Waals surface area contributed by atoms with Crippen LogP contribution in [0.4, 0.5) is 0 Å². The molecule has 1 N–H and O–H groups in total. The molecule has 2 atom stereocenters. The molecule has 32 heavy (non-hydrogen) atoms. The zero-order valence-electron chi connectivity index (χ0n) is 20.1. The van der Waals surface area contributed by atoms with E-state index < -0.39 is 0 Å². The van der Waals surface area contributed by atoms with Crippen molar-refractivity contribution in [1.29, 1.82) is 0 Å². The second kappa shape index (κ2) is 12.6. The summed E-state index contributed by atoms with van der Waals surface area (Å²) >= 11 is 0. The largest absolute Gasteiger partial charge is 0.350 e. The van der Waals surface area contributed by atoms with Crippen LogP contribution in [0.15, 0.2) is 11.6 Å². The Hall–Kier alpha value is -2.38. The maximum Gasteiger partial charge on any atom is 0.249 e. The summed E-state index contributed by atoms with van der Waals surface area (Å²) in [5, 5.41) is 2.39. The summed E-state index contributed by atoms with van der Waals surface area (Å²) in [5.74, 6) is -0.192. The average molecular weight is 449 g/mol. The van der Waals surface area contributed by atoms with Crippen LogP contribution in [-0.2, 0) is 19.2 Å². The Labute approximate surface area is 192 Å². The molecule has 0 radical (unpaired) electrons. The molecule has 2 fully saturated rings. The Morgan fingerprint density at radius 2 is 1.66 bits per heavy atom. The number of likely N-dealkylation sites (tertiary alicyclic amines) is 2. The third-order valence-electron chi connectivity index (χ3n) is 6.58. The first-order valence-corrected chi connectivity index (χ1v) is 12.0. The van der Waals surface area contributed by atoms with Gasteiger partial charge in [-0.05, 0) is 38.5 Å². The Morgan fingerprint density at radius 3 is 2.25 bits per heavy atom. The SMILES string of the molecule is CC(=C[C@H](C(C)C)N(C)C(=O)CNC=O)C(=O)N1CCC[C@H]1C(=O)N1CCCCCCC1. The monoisotopic (exact) mass is 448 g/mol. The topological polar surface area (TPSA) is 90.0 Å². The Morgan fingerprint density at radius 1 is 1.03 bits per heavy atom. The number of nitrogens with zero attached hydrogens (tertiary/aromatic N) is 3. The normalized spacial score (nSPS) is 21.0. The van der Waals surface area contributed by atoms with E-state index in [0.717, 1.165) is 45.2 Å². The zero-order chi connectivity index (χ0) is 23.7. The highest BCUT2D eigenvalue weighted by atomic mass is 16.2. The summed E-state index contributed by atoms with van der Waals surface area (Å²) < 4.78 is 0. The standard InChI is InChI=1S/C24H40N4O4/c1-18(2)21(26(4)22(30)16-25-17-29)15-19(3)23(31)28-14-10-11-20(28)24(32)27-12-8-6-5-7-9-13-27/h15,17-18,20-21H,5-14,16H2,1-4H3,(H,25,29)/t20-,21+/m0/s1. The number of likely N-dealkylation sites (N-methyl/N-ethyl adjacent to an activating group) is 1. The zero-order valence-corrected chi connectivity index (χ0v) is 20.1. The molecule has 2 aliphatic heterocycles. The second-order valence-electron chi connectivity index (χ2n) is 9.34. The molecule has 4 amide bonds. The highest BCUT2D eigenvalue weighted by molar-refractivity contribution is 5.97. The first-order chi connectivity index (χ1) is 15.3. The van der Waals surface area contributed by atoms with E-state index in [-0.39, 0.29) is 42.3 Å². The van der Waals surface area contributed by atoms with Crippen molar-refractivity contribution >= 4 is 24.1 Å². The highest BCUT2D eigenvalue weighted by Gasteiger charge is 2.37. The van der Waals surface area contributed by atoms with Crippen molar-refractivity contribution in [2.75, 3.05) is 33.2 Å². The number of hydrogen-bond donors (Lipinski definition) is 1. The molecular weight excluding hydrogens is 408 g/mol. The molecule has 0 unspecified atom stereocenters. The fraction of sp³-hybridized carbons (Fsp3) is 0.750. The summed E-state index contributed by atoms with van der Waals surface area (Å²) in [6.07, 6.45) is 9.46. The van der Waals surface area contributed by atoms with Gasteiger partial charge in [0.05, 0.1) is 12.6 Å². The molecule has 8 heteroatoms. The minimum Gasteiger partial charge on any atom is -0.350 e. The van der Waals surface area contributed by atoms with Crippen LogP contribution < -0.4 is 5.32 Å². The summed E-state index contributed by atoms with van der Waals surface area (Å²) in [6, 6.07) is -0.676. The number of rotatable bonds is 8. The fourth-order valence-corrected chi connectivity index (χ4v) is 4.67. The van der Waals surface area contributed by atoms with Crippen molar-refractivity contribution in [2.45, 2.75) is 77.8 Å². The number of carbonyl (C=O) groups is 4. The van der Waals surface area contributed by atoms with E-state index in [1.165, 1.54) is 6.42 Å². The Bertz CT molecular complexity index is 698. The van der Waals surface area contributed by atoms with Gasteiger partial charge in [-0.2, -0.15) is 0 Å². The third-order valence-corrected chi connectivity index (χ3v) is 6.58. The van der Waals surface area contributed by atoms with Gasteiger partial charge in [-0.15, -0.1) is 0 Å². The van der Waals surface area contributed by atoms with E-state index >= 15 is 0 Å². The molecule has 2 heterocycles. The molecule has 2 aliphatic rings. The number of hydrogen-bond acceptors (Lipinski definition) is 4. The molecule has 0 saturated carbocycles. The molecule has 0 bridgehead atoms. The lowest BCUT2D eigenvalue weighted by Crippen LogP contribution is -2.49. The third kappa shape index (κ3) is 6.81. The van der Waals surface area contributed by atoms with Gasteiger partial charge in [0.2, 0.25) is 24.1 Å². The lowest BCUT2D eigenvalue weighted by atomic mass is 9.99. The molecule has 2 rings (SSSR count). The summed E-state index contributed by atoms with van der Waals surface area (Å²) in [6.45, 7) is 7.80. The molecule has 0 aromatic heterocycles. The molecule has 0 spiro atoms. The molecule has 180 valence electrons. The first-order valence-electron chi connectivity index (χ1n) is 12.0. The second-order valence-corrected chi connectivity index (χ2v) is 9.34. The van der Waals surface area contributed by atoms with Gasteiger partial charge in [-0.3, -0.25) is 19.2 Å². The smallest absolute Gasteiger partial charge is 0.249 e. The van der Waals surface area contributed by atoms with E-state index in [2.05, 4.69) is 5.32 Å². The highest BCUT2D eigenvalue weighted by Crippen LogP contribution is 2.24. The van der Waals surface area contributed by atoms with Gasteiger partial charge >= 0.3 is 0 Å². The Balaban J connectivity index is 2.12. The quantitative estimate of drug-likeness (QED) is 0.454. The average Bonchev–Trinajstić information content (AvgIpc) is 3.23. The molecular formula is C24H40N4O4. The predicted molar refractivity (Wildman–Crippen MR) is 124 cm³/mol. The van der Waals surface area contributed by atoms with E-state index in [1.54, 1.807) is 23.8 Å². The maximum absolute atomic E-state index is 13.3. The van der Waals surface area contributed by atoms with Crippen LogP contribution in [0.3, 0.4) is 0 Å². The van der Waals surface area contributed by atoms with E-state index in [1.807, 2.05) is 24.8 Å². The van der Waals surface area contributed by atoms with Gasteiger partial charge in [-0.1, -0.05) is 39.2 Å². The minimum absolute atomic E-state index is 0.0808. The van der Waals surface area contributed by atoms with Gasteiger partial charge in [0.25, 0.3) is 0 Å². The summed E-state index contributed by atoms with van der Waals surface area (Å²) in [7, 11) is 1.68. The van der Waals surface area contributed by atoms with Crippen molar-refractivity contribution in [3.8, 4) is 0 Å². The van der Waals surface area contributed by atoms with Crippen molar-refractivity contribution in [3.63, 3.8) is 0 Å². The maximum atomic E-state index is 13.3. The van der Waals surface area contributed by atoms with Crippen molar-refractivity contribution in [3.05, 3.63) is 11.6 Å². The van der Waals surface area contributed by atoms with Crippen LogP contribution in [0.5, 0.6) is 0 Å². The van der Waals surface area contributed by atoms with Crippen molar-refractivity contribution in [2.24, 2.45) is 5.92 Å². The van der Waals surface area contributed by atoms with E-state index in [4.69, 9.17) is 0 Å². The number of nitrogens with one attached hydrogen (secondary N) is 1. The van der Waals surface area contributed by atoms with E-state index in [0.29, 0.717) is 24.9 Å². The van der Waals surface area contributed by atoms with E-state index in [9.17, 15) is 19.2 Å². The number of amides is 4. The van der Waals surface area contributed by atoms with Gasteiger partial charge in [-0.25, -0.2) is 0 Å². The van der Waals surface area contributed by atoms with Crippen LogP contribution in [0, 0.1) is 5.92 Å². The molecule has 0 aliphatic carbocycles. The van der Waals surface area contributed by atoms with Crippen LogP contribution in [0.25, 0.3) is 0 Å². The van der Waals surface area contributed by atoms with Crippen molar-refractivity contribution < 1.29 is 19.2 Å². The van der Waals surface area contributed by atoms with Crippen LogP contribution in [-0.4, -0.2) is 84.1 Å². The molecule has 0 aromatic rings. The molecule has 0 aromatic carbocycles. The van der Waals surface area contributed by atoms with Gasteiger partial charge < -0.3 is 20.0 Å². The van der Waals surface area contributed by atoms with Crippen LogP contribution in [0.1, 0.15) is 65.7 Å². The Kier molecular flexibility index (Phi) is 10.2. The molecule has 2 saturated heterocycles. The van der Waals surface area contributed by atoms with Crippen molar-refractivity contribution in [1.82, 2.24) is 20.0 Å². The van der Waals surface area contributed by atoms with Gasteiger partial charge in [0, 0.05) is 32.3 Å². The fourth-order valence-electron chi connectivity index (χ4n) is 4.67. The first kappa shape index (κ1) is 25.9. The molecule has 8 nitrogen and oxygen atoms in total. The lowest BCUT2D eigenvalue weighted by molar-refractivity contribution is -0.142.